The molecular weight excluding hydrogens is 446 g/mol. The van der Waals surface area contributed by atoms with Crippen molar-refractivity contribution in [3.05, 3.63) is 65.5 Å². The van der Waals surface area contributed by atoms with Crippen molar-refractivity contribution < 1.29 is 14.7 Å². The summed E-state index contributed by atoms with van der Waals surface area (Å²) in [5.74, 6) is -0.305. The Balaban J connectivity index is 1.89. The van der Waals surface area contributed by atoms with E-state index in [1.807, 2.05) is 60.9 Å². The molecule has 3 aromatic rings. The van der Waals surface area contributed by atoms with Crippen LogP contribution in [0.15, 0.2) is 53.6 Å². The highest BCUT2D eigenvalue weighted by atomic mass is 32.2. The molecule has 1 heterocycles. The molecule has 6 nitrogen and oxygen atoms in total. The van der Waals surface area contributed by atoms with E-state index in [0.717, 1.165) is 52.4 Å². The van der Waals surface area contributed by atoms with E-state index in [0.29, 0.717) is 12.2 Å². The number of aliphatic carboxylic acids is 1. The Kier molecular flexibility index (Phi) is 8.20. The van der Waals surface area contributed by atoms with Crippen LogP contribution in [0.1, 0.15) is 61.6 Å². The third kappa shape index (κ3) is 6.08. The van der Waals surface area contributed by atoms with Crippen LogP contribution in [0.3, 0.4) is 0 Å². The Labute approximate surface area is 205 Å². The van der Waals surface area contributed by atoms with Gasteiger partial charge in [-0.2, -0.15) is 0 Å². The number of aryl methyl sites for hydroxylation is 2. The van der Waals surface area contributed by atoms with Crippen LogP contribution in [-0.2, 0) is 11.3 Å². The Hall–Kier alpha value is -3.06. The molecule has 3 rings (SSSR count). The number of amides is 1. The van der Waals surface area contributed by atoms with E-state index in [1.165, 1.54) is 11.8 Å². The molecule has 0 aliphatic carbocycles. The molecule has 0 bridgehead atoms. The molecule has 2 aromatic carbocycles. The van der Waals surface area contributed by atoms with Crippen molar-refractivity contribution >= 4 is 29.3 Å². The summed E-state index contributed by atoms with van der Waals surface area (Å²) < 4.78 is 1.07. The third-order valence-electron chi connectivity index (χ3n) is 5.70. The fourth-order valence-electron chi connectivity index (χ4n) is 3.68. The van der Waals surface area contributed by atoms with Crippen LogP contribution in [0.4, 0.5) is 5.69 Å². The van der Waals surface area contributed by atoms with Gasteiger partial charge in [-0.05, 0) is 57.9 Å². The molecule has 0 atom stereocenters. The number of carbonyl (C=O) groups is 2. The number of carbonyl (C=O) groups excluding carboxylic acids is 1. The van der Waals surface area contributed by atoms with E-state index in [9.17, 15) is 14.7 Å². The number of thioether (sulfide) groups is 1. The lowest BCUT2D eigenvalue weighted by molar-refractivity contribution is -0.138. The van der Waals surface area contributed by atoms with E-state index in [2.05, 4.69) is 17.2 Å². The predicted octanol–water partition coefficient (Wildman–Crippen LogP) is 6.56. The van der Waals surface area contributed by atoms with E-state index in [1.54, 1.807) is 20.0 Å². The minimum atomic E-state index is -0.917. The van der Waals surface area contributed by atoms with Crippen molar-refractivity contribution in [1.82, 2.24) is 9.55 Å². The number of nitrogens with zero attached hydrogens (tertiary/aromatic N) is 2. The maximum Gasteiger partial charge on any atom is 0.319 e. The van der Waals surface area contributed by atoms with Gasteiger partial charge in [0.15, 0.2) is 0 Å². The molecule has 0 saturated carbocycles. The molecule has 0 aliphatic rings. The lowest BCUT2D eigenvalue weighted by Gasteiger charge is -2.18. The van der Waals surface area contributed by atoms with Crippen LogP contribution >= 0.6 is 11.8 Å². The number of hydrogen-bond acceptors (Lipinski definition) is 4. The number of aromatic nitrogens is 2. The highest BCUT2D eigenvalue weighted by molar-refractivity contribution is 8.01. The predicted molar refractivity (Wildman–Crippen MR) is 139 cm³/mol. The molecule has 34 heavy (non-hydrogen) atoms. The molecule has 0 unspecified atom stereocenters. The Morgan fingerprint density at radius 2 is 1.79 bits per heavy atom. The number of unbranched alkanes of at least 4 members (excludes halogenated alkanes) is 2. The van der Waals surface area contributed by atoms with Crippen LogP contribution in [0.5, 0.6) is 0 Å². The summed E-state index contributed by atoms with van der Waals surface area (Å²) in [6.07, 6.45) is 4.73. The Morgan fingerprint density at radius 3 is 2.41 bits per heavy atom. The Bertz CT molecular complexity index is 1170. The first-order valence-corrected chi connectivity index (χ1v) is 12.4. The van der Waals surface area contributed by atoms with Crippen molar-refractivity contribution in [3.63, 3.8) is 0 Å². The molecule has 0 radical (unpaired) electrons. The SMILES string of the molecule is CCCCCn1c(C(=O)Nc2ccc(C)cc2C)cnc1-c1ccc(SC(C)(C)C(=O)O)cc1. The second-order valence-corrected chi connectivity index (χ2v) is 10.7. The molecule has 0 aliphatic heterocycles. The second kappa shape index (κ2) is 10.9. The normalized spacial score (nSPS) is 11.4. The standard InChI is InChI=1S/C27H33N3O3S/c1-6-7-8-15-30-23(25(31)29-22-14-9-18(2)16-19(22)3)17-28-24(30)20-10-12-21(13-11-20)34-27(4,5)26(32)33/h9-14,16-17H,6-8,15H2,1-5H3,(H,29,31)(H,32,33). The van der Waals surface area contributed by atoms with Gasteiger partial charge in [0.05, 0.1) is 6.20 Å². The van der Waals surface area contributed by atoms with Crippen molar-refractivity contribution in [3.8, 4) is 11.4 Å². The summed E-state index contributed by atoms with van der Waals surface area (Å²) in [7, 11) is 0. The van der Waals surface area contributed by atoms with Gasteiger partial charge < -0.3 is 15.0 Å². The lowest BCUT2D eigenvalue weighted by atomic mass is 10.1. The molecule has 7 heteroatoms. The van der Waals surface area contributed by atoms with Crippen LogP contribution in [0.2, 0.25) is 0 Å². The van der Waals surface area contributed by atoms with Gasteiger partial charge in [-0.3, -0.25) is 9.59 Å². The number of rotatable bonds is 10. The molecule has 180 valence electrons. The van der Waals surface area contributed by atoms with Crippen LogP contribution in [0.25, 0.3) is 11.4 Å². The van der Waals surface area contributed by atoms with Gasteiger partial charge >= 0.3 is 5.97 Å². The minimum Gasteiger partial charge on any atom is -0.480 e. The summed E-state index contributed by atoms with van der Waals surface area (Å²) in [4.78, 5) is 30.1. The summed E-state index contributed by atoms with van der Waals surface area (Å²) in [6.45, 7) is 10.2. The zero-order valence-electron chi connectivity index (χ0n) is 20.5. The van der Waals surface area contributed by atoms with Crippen LogP contribution < -0.4 is 5.32 Å². The topological polar surface area (TPSA) is 84.2 Å². The van der Waals surface area contributed by atoms with Gasteiger partial charge in [0.2, 0.25) is 0 Å². The van der Waals surface area contributed by atoms with Gasteiger partial charge in [-0.25, -0.2) is 4.98 Å². The largest absolute Gasteiger partial charge is 0.480 e. The average molecular weight is 480 g/mol. The zero-order chi connectivity index (χ0) is 24.9. The summed E-state index contributed by atoms with van der Waals surface area (Å²) in [5.41, 5.74) is 4.37. The maximum atomic E-state index is 13.2. The molecule has 2 N–H and O–H groups in total. The van der Waals surface area contributed by atoms with Crippen molar-refractivity contribution in [2.45, 2.75) is 70.1 Å². The number of imidazole rings is 1. The number of hydrogen-bond donors (Lipinski definition) is 2. The second-order valence-electron chi connectivity index (χ2n) is 9.04. The number of anilines is 1. The molecule has 0 fully saturated rings. The number of benzene rings is 2. The third-order valence-corrected chi connectivity index (χ3v) is 6.90. The van der Waals surface area contributed by atoms with Gasteiger partial charge in [-0.15, -0.1) is 11.8 Å². The lowest BCUT2D eigenvalue weighted by Crippen LogP contribution is -2.26. The first kappa shape index (κ1) is 25.6. The molecule has 1 amide bonds. The van der Waals surface area contributed by atoms with Crippen LogP contribution in [-0.4, -0.2) is 31.3 Å². The molecule has 0 spiro atoms. The van der Waals surface area contributed by atoms with E-state index in [-0.39, 0.29) is 5.91 Å². The first-order chi connectivity index (χ1) is 16.1. The Morgan fingerprint density at radius 1 is 1.09 bits per heavy atom. The zero-order valence-corrected chi connectivity index (χ0v) is 21.3. The maximum absolute atomic E-state index is 13.2. The quantitative estimate of drug-likeness (QED) is 0.254. The number of carboxylic acids is 1. The number of carboxylic acid groups (broad SMARTS) is 1. The van der Waals surface area contributed by atoms with Crippen molar-refractivity contribution in [2.75, 3.05) is 5.32 Å². The molecule has 1 aromatic heterocycles. The van der Waals surface area contributed by atoms with Crippen LogP contribution in [0, 0.1) is 13.8 Å². The van der Waals surface area contributed by atoms with E-state index < -0.39 is 10.7 Å². The van der Waals surface area contributed by atoms with Crippen molar-refractivity contribution in [2.24, 2.45) is 0 Å². The number of nitrogens with one attached hydrogen (secondary N) is 1. The minimum absolute atomic E-state index is 0.183. The highest BCUT2D eigenvalue weighted by Gasteiger charge is 2.28. The fourth-order valence-corrected chi connectivity index (χ4v) is 4.63. The van der Waals surface area contributed by atoms with E-state index >= 15 is 0 Å². The fraction of sp³-hybridized carbons (Fsp3) is 0.370. The molecule has 0 saturated heterocycles. The highest BCUT2D eigenvalue weighted by Crippen LogP contribution is 2.34. The van der Waals surface area contributed by atoms with Gasteiger partial charge in [0.1, 0.15) is 16.3 Å². The molecular formula is C27H33N3O3S. The summed E-state index contributed by atoms with van der Waals surface area (Å²) in [5, 5.41) is 12.4. The van der Waals surface area contributed by atoms with Gasteiger partial charge in [0, 0.05) is 22.7 Å². The average Bonchev–Trinajstić information content (AvgIpc) is 3.20. The van der Waals surface area contributed by atoms with Gasteiger partial charge in [0.25, 0.3) is 5.91 Å². The van der Waals surface area contributed by atoms with Crippen molar-refractivity contribution in [1.29, 1.82) is 0 Å². The van der Waals surface area contributed by atoms with Gasteiger partial charge in [-0.1, -0.05) is 49.6 Å². The monoisotopic (exact) mass is 479 g/mol. The first-order valence-electron chi connectivity index (χ1n) is 11.6. The summed E-state index contributed by atoms with van der Waals surface area (Å²) in [6, 6.07) is 13.6. The van der Waals surface area contributed by atoms with E-state index in [4.69, 9.17) is 0 Å². The summed E-state index contributed by atoms with van der Waals surface area (Å²) >= 11 is 1.30. The smallest absolute Gasteiger partial charge is 0.319 e.